The SMILES string of the molecule is Cc1cccc(NC(=O)[C@H]2CC(=O)N(C)[C@H]2c2ccc(F)cc2)n1. The van der Waals surface area contributed by atoms with Gasteiger partial charge < -0.3 is 10.2 Å². The highest BCUT2D eigenvalue weighted by molar-refractivity contribution is 5.97. The number of nitrogens with one attached hydrogen (secondary N) is 1. The Bertz CT molecular complexity index is 776. The number of pyridine rings is 1. The van der Waals surface area contributed by atoms with E-state index in [2.05, 4.69) is 10.3 Å². The number of aryl methyl sites for hydroxylation is 1. The molecule has 0 aliphatic carbocycles. The van der Waals surface area contributed by atoms with Crippen LogP contribution in [0.4, 0.5) is 10.2 Å². The second-order valence-corrected chi connectivity index (χ2v) is 5.97. The average Bonchev–Trinajstić information content (AvgIpc) is 2.84. The van der Waals surface area contributed by atoms with Gasteiger partial charge >= 0.3 is 0 Å². The molecule has 1 fully saturated rings. The number of halogens is 1. The average molecular weight is 327 g/mol. The van der Waals surface area contributed by atoms with E-state index in [1.165, 1.54) is 12.1 Å². The maximum absolute atomic E-state index is 13.2. The van der Waals surface area contributed by atoms with E-state index in [0.717, 1.165) is 11.3 Å². The van der Waals surface area contributed by atoms with E-state index in [0.29, 0.717) is 5.82 Å². The second kappa shape index (κ2) is 6.39. The molecule has 3 rings (SSSR count). The Morgan fingerprint density at radius 2 is 1.96 bits per heavy atom. The first kappa shape index (κ1) is 16.1. The van der Waals surface area contributed by atoms with E-state index in [1.807, 2.05) is 13.0 Å². The van der Waals surface area contributed by atoms with Crippen LogP contribution in [0, 0.1) is 18.7 Å². The van der Waals surface area contributed by atoms with E-state index >= 15 is 0 Å². The molecule has 0 spiro atoms. The summed E-state index contributed by atoms with van der Waals surface area (Å²) >= 11 is 0. The molecule has 6 heteroatoms. The predicted octanol–water partition coefficient (Wildman–Crippen LogP) is 2.69. The highest BCUT2D eigenvalue weighted by Crippen LogP contribution is 2.37. The van der Waals surface area contributed by atoms with Gasteiger partial charge in [-0.05, 0) is 36.8 Å². The molecule has 2 heterocycles. The van der Waals surface area contributed by atoms with Crippen molar-refractivity contribution in [2.45, 2.75) is 19.4 Å². The molecule has 5 nitrogen and oxygen atoms in total. The van der Waals surface area contributed by atoms with Gasteiger partial charge in [-0.3, -0.25) is 9.59 Å². The fourth-order valence-corrected chi connectivity index (χ4v) is 3.05. The number of aromatic nitrogens is 1. The number of carbonyl (C=O) groups is 2. The summed E-state index contributed by atoms with van der Waals surface area (Å²) in [4.78, 5) is 30.6. The quantitative estimate of drug-likeness (QED) is 0.943. The Labute approximate surface area is 139 Å². The molecule has 124 valence electrons. The second-order valence-electron chi connectivity index (χ2n) is 5.97. The van der Waals surface area contributed by atoms with Crippen molar-refractivity contribution in [3.63, 3.8) is 0 Å². The van der Waals surface area contributed by atoms with Gasteiger partial charge in [0.1, 0.15) is 11.6 Å². The minimum atomic E-state index is -0.546. The molecule has 1 N–H and O–H groups in total. The largest absolute Gasteiger partial charge is 0.338 e. The summed E-state index contributed by atoms with van der Waals surface area (Å²) < 4.78 is 13.2. The van der Waals surface area contributed by atoms with Gasteiger partial charge in [-0.25, -0.2) is 9.37 Å². The third-order valence-electron chi connectivity index (χ3n) is 4.27. The van der Waals surface area contributed by atoms with Crippen molar-refractivity contribution in [2.24, 2.45) is 5.92 Å². The summed E-state index contributed by atoms with van der Waals surface area (Å²) in [7, 11) is 1.66. The summed E-state index contributed by atoms with van der Waals surface area (Å²) in [5, 5.41) is 2.77. The predicted molar refractivity (Wildman–Crippen MR) is 87.6 cm³/mol. The molecule has 0 unspecified atom stereocenters. The highest BCUT2D eigenvalue weighted by atomic mass is 19.1. The lowest BCUT2D eigenvalue weighted by molar-refractivity contribution is -0.127. The molecule has 0 radical (unpaired) electrons. The van der Waals surface area contributed by atoms with Crippen LogP contribution in [0.2, 0.25) is 0 Å². The highest BCUT2D eigenvalue weighted by Gasteiger charge is 2.42. The number of likely N-dealkylation sites (tertiary alicyclic amines) is 1. The van der Waals surface area contributed by atoms with Gasteiger partial charge in [0, 0.05) is 19.2 Å². The zero-order valence-electron chi connectivity index (χ0n) is 13.5. The monoisotopic (exact) mass is 327 g/mol. The first-order chi connectivity index (χ1) is 11.5. The van der Waals surface area contributed by atoms with Crippen molar-refractivity contribution >= 4 is 17.6 Å². The van der Waals surface area contributed by atoms with Gasteiger partial charge in [-0.1, -0.05) is 18.2 Å². The summed E-state index contributed by atoms with van der Waals surface area (Å²) in [6.07, 6.45) is 0.121. The fraction of sp³-hybridized carbons (Fsp3) is 0.278. The Morgan fingerprint density at radius 3 is 2.62 bits per heavy atom. The number of hydrogen-bond donors (Lipinski definition) is 1. The van der Waals surface area contributed by atoms with Crippen LogP contribution < -0.4 is 5.32 Å². The molecule has 1 aliphatic heterocycles. The number of hydrogen-bond acceptors (Lipinski definition) is 3. The van der Waals surface area contributed by atoms with Gasteiger partial charge in [-0.15, -0.1) is 0 Å². The molecule has 2 amide bonds. The van der Waals surface area contributed by atoms with Crippen molar-refractivity contribution in [3.8, 4) is 0 Å². The molecule has 24 heavy (non-hydrogen) atoms. The molecule has 2 aromatic rings. The van der Waals surface area contributed by atoms with Crippen LogP contribution in [-0.4, -0.2) is 28.7 Å². The Balaban J connectivity index is 1.85. The van der Waals surface area contributed by atoms with E-state index in [-0.39, 0.29) is 24.1 Å². The molecule has 1 aromatic heterocycles. The normalized spacial score (nSPS) is 20.3. The molecular formula is C18H18FN3O2. The van der Waals surface area contributed by atoms with E-state index < -0.39 is 12.0 Å². The smallest absolute Gasteiger partial charge is 0.231 e. The zero-order valence-corrected chi connectivity index (χ0v) is 13.5. The fourth-order valence-electron chi connectivity index (χ4n) is 3.05. The van der Waals surface area contributed by atoms with Crippen LogP contribution in [0.5, 0.6) is 0 Å². The minimum absolute atomic E-state index is 0.110. The first-order valence-corrected chi connectivity index (χ1v) is 7.71. The van der Waals surface area contributed by atoms with Crippen LogP contribution in [0.1, 0.15) is 23.7 Å². The molecule has 1 aliphatic rings. The van der Waals surface area contributed by atoms with Crippen LogP contribution in [0.3, 0.4) is 0 Å². The summed E-state index contributed by atoms with van der Waals surface area (Å²) in [6.45, 7) is 1.84. The van der Waals surface area contributed by atoms with Crippen LogP contribution in [0.15, 0.2) is 42.5 Å². The van der Waals surface area contributed by atoms with Crippen molar-refractivity contribution < 1.29 is 14.0 Å². The Morgan fingerprint density at radius 1 is 1.25 bits per heavy atom. The lowest BCUT2D eigenvalue weighted by atomic mass is 9.93. The van der Waals surface area contributed by atoms with Gasteiger partial charge in [0.15, 0.2) is 0 Å². The van der Waals surface area contributed by atoms with Gasteiger partial charge in [-0.2, -0.15) is 0 Å². The number of nitrogens with zero attached hydrogens (tertiary/aromatic N) is 2. The molecule has 2 atom stereocenters. The third-order valence-corrected chi connectivity index (χ3v) is 4.27. The summed E-state index contributed by atoms with van der Waals surface area (Å²) in [5.74, 6) is -0.812. The molecule has 1 saturated heterocycles. The lowest BCUT2D eigenvalue weighted by Gasteiger charge is -2.24. The number of rotatable bonds is 3. The summed E-state index contributed by atoms with van der Waals surface area (Å²) in [5.41, 5.74) is 1.53. The van der Waals surface area contributed by atoms with Crippen LogP contribution in [0.25, 0.3) is 0 Å². The van der Waals surface area contributed by atoms with Crippen molar-refractivity contribution in [1.29, 1.82) is 0 Å². The number of carbonyl (C=O) groups excluding carboxylic acids is 2. The summed E-state index contributed by atoms with van der Waals surface area (Å²) in [6, 6.07) is 10.8. The number of anilines is 1. The minimum Gasteiger partial charge on any atom is -0.338 e. The third kappa shape index (κ3) is 3.13. The molecular weight excluding hydrogens is 309 g/mol. The number of benzene rings is 1. The topological polar surface area (TPSA) is 62.3 Å². The first-order valence-electron chi connectivity index (χ1n) is 7.71. The van der Waals surface area contributed by atoms with Crippen molar-refractivity contribution in [3.05, 3.63) is 59.5 Å². The van der Waals surface area contributed by atoms with Crippen molar-refractivity contribution in [2.75, 3.05) is 12.4 Å². The standard InChI is InChI=1S/C18H18FN3O2/c1-11-4-3-5-15(20-11)21-18(24)14-10-16(23)22(2)17(14)12-6-8-13(19)9-7-12/h3-9,14,17H,10H2,1-2H3,(H,20,21,24)/t14-,17-/m0/s1. The van der Waals surface area contributed by atoms with Crippen LogP contribution >= 0.6 is 0 Å². The Hall–Kier alpha value is -2.76. The lowest BCUT2D eigenvalue weighted by Crippen LogP contribution is -2.30. The number of amides is 2. The zero-order chi connectivity index (χ0) is 17.3. The van der Waals surface area contributed by atoms with Crippen LogP contribution in [-0.2, 0) is 9.59 Å². The van der Waals surface area contributed by atoms with E-state index in [4.69, 9.17) is 0 Å². The molecule has 0 bridgehead atoms. The molecule has 1 aromatic carbocycles. The van der Waals surface area contributed by atoms with Gasteiger partial charge in [0.25, 0.3) is 0 Å². The van der Waals surface area contributed by atoms with Crippen molar-refractivity contribution in [1.82, 2.24) is 9.88 Å². The Kier molecular flexibility index (Phi) is 4.29. The maximum atomic E-state index is 13.2. The van der Waals surface area contributed by atoms with E-state index in [1.54, 1.807) is 36.2 Å². The molecule has 0 saturated carbocycles. The van der Waals surface area contributed by atoms with E-state index in [9.17, 15) is 14.0 Å². The van der Waals surface area contributed by atoms with Gasteiger partial charge in [0.05, 0.1) is 12.0 Å². The maximum Gasteiger partial charge on any atom is 0.231 e. The van der Waals surface area contributed by atoms with Gasteiger partial charge in [0.2, 0.25) is 11.8 Å².